The summed E-state index contributed by atoms with van der Waals surface area (Å²) in [6, 6.07) is 0. The topological polar surface area (TPSA) is 127 Å². The van der Waals surface area contributed by atoms with Crippen LogP contribution in [0.25, 0.3) is 0 Å². The first-order valence-electron chi connectivity index (χ1n) is 8.41. The summed E-state index contributed by atoms with van der Waals surface area (Å²) in [5.74, 6) is -3.99. The van der Waals surface area contributed by atoms with Gasteiger partial charge in [0.25, 0.3) is 0 Å². The van der Waals surface area contributed by atoms with Crippen molar-refractivity contribution in [2.45, 2.75) is 40.0 Å². The summed E-state index contributed by atoms with van der Waals surface area (Å²) in [5, 5.41) is 20.6. The van der Waals surface area contributed by atoms with E-state index in [4.69, 9.17) is 9.47 Å². The Morgan fingerprint density at radius 2 is 1.71 bits per heavy atom. The Balaban J connectivity index is 2.45. The third kappa shape index (κ3) is 2.37. The van der Waals surface area contributed by atoms with Crippen LogP contribution < -0.4 is 9.47 Å². The quantitative estimate of drug-likeness (QED) is 0.351. The minimum atomic E-state index is -1.63. The molecule has 146 valence electrons. The number of ether oxygens (including phenoxy) is 2. The van der Waals surface area contributed by atoms with Crippen LogP contribution in [-0.2, 0) is 19.8 Å². The van der Waals surface area contributed by atoms with Crippen molar-refractivity contribution in [3.05, 3.63) is 39.9 Å². The van der Waals surface area contributed by atoms with Gasteiger partial charge in [-0.15, -0.1) is 0 Å². The van der Waals surface area contributed by atoms with Gasteiger partial charge in [0.15, 0.2) is 17.3 Å². The van der Waals surface area contributed by atoms with E-state index < -0.39 is 45.8 Å². The number of phenolic OH excluding ortho intramolecular Hbond substituents is 1. The van der Waals surface area contributed by atoms with Crippen molar-refractivity contribution in [2.24, 2.45) is 0 Å². The van der Waals surface area contributed by atoms with Crippen LogP contribution in [0.5, 0.6) is 17.2 Å². The van der Waals surface area contributed by atoms with E-state index in [1.807, 2.05) is 0 Å². The van der Waals surface area contributed by atoms with Crippen molar-refractivity contribution in [3.8, 4) is 17.2 Å². The number of hydrogen-bond donors (Lipinski definition) is 2. The molecule has 2 aliphatic rings. The van der Waals surface area contributed by atoms with Gasteiger partial charge in [-0.05, 0) is 27.7 Å². The maximum Gasteiger partial charge on any atom is 0.308 e. The molecule has 0 unspecified atom stereocenters. The number of phenols is 1. The Hall–Kier alpha value is -3.42. The number of allylic oxidation sites excluding steroid dienone is 3. The monoisotopic (exact) mass is 386 g/mol. The van der Waals surface area contributed by atoms with E-state index >= 15 is 0 Å². The van der Waals surface area contributed by atoms with Gasteiger partial charge in [0.1, 0.15) is 45.3 Å². The molecule has 0 aromatic heterocycles. The van der Waals surface area contributed by atoms with Gasteiger partial charge >= 0.3 is 5.97 Å². The van der Waals surface area contributed by atoms with Crippen LogP contribution in [-0.4, -0.2) is 33.5 Å². The third-order valence-electron chi connectivity index (χ3n) is 4.97. The summed E-state index contributed by atoms with van der Waals surface area (Å²) in [6.45, 7) is 6.36. The molecule has 8 heteroatoms. The highest BCUT2D eigenvalue weighted by molar-refractivity contribution is 6.26. The van der Waals surface area contributed by atoms with Crippen LogP contribution in [0.2, 0.25) is 0 Å². The van der Waals surface area contributed by atoms with Crippen LogP contribution in [0.1, 0.15) is 49.2 Å². The summed E-state index contributed by atoms with van der Waals surface area (Å²) in [4.78, 5) is 49.0. The van der Waals surface area contributed by atoms with Crippen molar-refractivity contribution < 1.29 is 38.9 Å². The van der Waals surface area contributed by atoms with Gasteiger partial charge in [0, 0.05) is 18.6 Å². The maximum atomic E-state index is 13.2. The zero-order valence-corrected chi connectivity index (χ0v) is 15.9. The summed E-state index contributed by atoms with van der Waals surface area (Å²) in [7, 11) is 0. The number of aliphatic hydroxyl groups excluding tert-OH is 1. The molecule has 1 aromatic rings. The number of rotatable bonds is 3. The second-order valence-corrected chi connectivity index (χ2v) is 6.91. The molecular formula is C20H18O8. The number of ketones is 3. The van der Waals surface area contributed by atoms with Gasteiger partial charge in [-0.1, -0.05) is 0 Å². The van der Waals surface area contributed by atoms with Gasteiger partial charge in [-0.25, -0.2) is 0 Å². The molecular weight excluding hydrogens is 368 g/mol. The summed E-state index contributed by atoms with van der Waals surface area (Å²) in [6.07, 6.45) is 1.12. The van der Waals surface area contributed by atoms with E-state index in [0.29, 0.717) is 0 Å². The molecule has 1 atom stereocenters. The first-order valence-corrected chi connectivity index (χ1v) is 8.41. The van der Waals surface area contributed by atoms with Crippen molar-refractivity contribution in [3.63, 3.8) is 0 Å². The Morgan fingerprint density at radius 1 is 1.11 bits per heavy atom. The molecule has 0 radical (unpaired) electrons. The Morgan fingerprint density at radius 3 is 2.21 bits per heavy atom. The summed E-state index contributed by atoms with van der Waals surface area (Å²) in [5.41, 5.74) is -2.12. The van der Waals surface area contributed by atoms with E-state index in [9.17, 15) is 29.4 Å². The Kier molecular flexibility index (Phi) is 4.18. The Labute approximate surface area is 160 Å². The fourth-order valence-corrected chi connectivity index (χ4v) is 3.61. The minimum absolute atomic E-state index is 0.0455. The lowest BCUT2D eigenvalue weighted by Crippen LogP contribution is -2.39. The minimum Gasteiger partial charge on any atom is -0.507 e. The summed E-state index contributed by atoms with van der Waals surface area (Å²) >= 11 is 0. The maximum absolute atomic E-state index is 13.2. The molecule has 3 rings (SSSR count). The highest BCUT2D eigenvalue weighted by Crippen LogP contribution is 2.58. The van der Waals surface area contributed by atoms with E-state index in [1.165, 1.54) is 20.8 Å². The lowest BCUT2D eigenvalue weighted by molar-refractivity contribution is -0.132. The van der Waals surface area contributed by atoms with E-state index in [1.54, 1.807) is 0 Å². The average molecular weight is 386 g/mol. The number of aromatic hydroxyl groups is 1. The van der Waals surface area contributed by atoms with Gasteiger partial charge in [0.05, 0.1) is 5.56 Å². The van der Waals surface area contributed by atoms with Crippen LogP contribution in [0, 0.1) is 6.92 Å². The molecule has 0 fully saturated rings. The fraction of sp³-hybridized carbons (Fsp3) is 0.300. The van der Waals surface area contributed by atoms with Crippen molar-refractivity contribution >= 4 is 23.3 Å². The van der Waals surface area contributed by atoms with E-state index in [0.717, 1.165) is 19.9 Å². The molecule has 1 aliphatic carbocycles. The second kappa shape index (κ2) is 6.05. The summed E-state index contributed by atoms with van der Waals surface area (Å²) < 4.78 is 11.0. The van der Waals surface area contributed by atoms with E-state index in [-0.39, 0.29) is 33.9 Å². The number of fused-ring (bicyclic) bond motifs is 3. The second-order valence-electron chi connectivity index (χ2n) is 6.91. The molecule has 2 N–H and O–H groups in total. The normalized spacial score (nSPS) is 20.2. The molecule has 0 saturated heterocycles. The predicted octanol–water partition coefficient (Wildman–Crippen LogP) is 2.35. The largest absolute Gasteiger partial charge is 0.507 e. The molecule has 1 aliphatic heterocycles. The lowest BCUT2D eigenvalue weighted by Gasteiger charge is -2.28. The number of benzene rings is 1. The first-order chi connectivity index (χ1) is 12.9. The van der Waals surface area contributed by atoms with Crippen molar-refractivity contribution in [2.75, 3.05) is 0 Å². The number of aliphatic hydroxyl groups is 1. The van der Waals surface area contributed by atoms with Gasteiger partial charge in [0.2, 0.25) is 0 Å². The van der Waals surface area contributed by atoms with Gasteiger partial charge in [-0.2, -0.15) is 0 Å². The number of Topliss-reactive ketones (excluding diaryl/α,β-unsaturated/α-hetero) is 3. The highest BCUT2D eigenvalue weighted by atomic mass is 16.5. The molecule has 0 bridgehead atoms. The van der Waals surface area contributed by atoms with E-state index in [2.05, 4.69) is 0 Å². The number of carbonyl (C=O) groups is 4. The molecule has 0 spiro atoms. The molecule has 0 saturated carbocycles. The molecule has 8 nitrogen and oxygen atoms in total. The standard InChI is InChI=1S/C20H18O8/c1-7-16(25)14(9(3)22)18-15(17(7)27-10(4)23)20(5)12(28-18)6-11(24)13(8(2)21)19(20)26/h6,24-25H,1-5H3/t20-/m0/s1. The highest BCUT2D eigenvalue weighted by Gasteiger charge is 2.56. The van der Waals surface area contributed by atoms with Gasteiger partial charge in [-0.3, -0.25) is 19.2 Å². The average Bonchev–Trinajstić information content (AvgIpc) is 2.84. The smallest absolute Gasteiger partial charge is 0.308 e. The fourth-order valence-electron chi connectivity index (χ4n) is 3.61. The zero-order valence-electron chi connectivity index (χ0n) is 15.9. The molecule has 1 heterocycles. The van der Waals surface area contributed by atoms with Gasteiger partial charge < -0.3 is 19.7 Å². The lowest BCUT2D eigenvalue weighted by atomic mass is 9.71. The van der Waals surface area contributed by atoms with Crippen LogP contribution in [0.3, 0.4) is 0 Å². The SMILES string of the molecule is CC(=O)Oc1c(C)c(O)c(C(C)=O)c2c1[C@@]1(C)C(=O)C(C(C)=O)=C(O)C=C1O2. The first kappa shape index (κ1) is 19.3. The van der Waals surface area contributed by atoms with Crippen LogP contribution in [0.15, 0.2) is 23.2 Å². The van der Waals surface area contributed by atoms with Crippen molar-refractivity contribution in [1.82, 2.24) is 0 Å². The molecule has 28 heavy (non-hydrogen) atoms. The predicted molar refractivity (Wildman–Crippen MR) is 95.6 cm³/mol. The number of hydrogen-bond acceptors (Lipinski definition) is 8. The van der Waals surface area contributed by atoms with Crippen LogP contribution in [0.4, 0.5) is 0 Å². The van der Waals surface area contributed by atoms with Crippen LogP contribution >= 0.6 is 0 Å². The number of esters is 1. The number of carbonyl (C=O) groups excluding carboxylic acids is 4. The molecule has 0 amide bonds. The molecule has 1 aromatic carbocycles. The third-order valence-corrected chi connectivity index (χ3v) is 4.97. The Bertz CT molecular complexity index is 1060. The zero-order chi connectivity index (χ0) is 21.1. The van der Waals surface area contributed by atoms with Crippen molar-refractivity contribution in [1.29, 1.82) is 0 Å².